The molecule has 1 unspecified atom stereocenters. The number of nitro groups is 1. The van der Waals surface area contributed by atoms with Crippen LogP contribution >= 0.6 is 0 Å². The maximum absolute atomic E-state index is 11.8. The van der Waals surface area contributed by atoms with Gasteiger partial charge in [0.1, 0.15) is 6.10 Å². The van der Waals surface area contributed by atoms with E-state index in [0.29, 0.717) is 5.56 Å². The zero-order valence-electron chi connectivity index (χ0n) is 11.0. The Balaban J connectivity index is 2.76. The molecule has 0 saturated heterocycles. The summed E-state index contributed by atoms with van der Waals surface area (Å²) in [6.45, 7) is 7.74. The Morgan fingerprint density at radius 2 is 1.78 bits per heavy atom. The van der Waals surface area contributed by atoms with Gasteiger partial charge in [0, 0.05) is 12.1 Å². The monoisotopic (exact) mass is 251 g/mol. The number of non-ortho nitro benzene ring substituents is 1. The Morgan fingerprint density at radius 1 is 1.28 bits per heavy atom. The molecule has 0 radical (unpaired) electrons. The molecule has 0 saturated carbocycles. The SMILES string of the molecule is CC(OC(=O)c1ccc([N+](=O)[O-])cc1)C(C)(C)C. The van der Waals surface area contributed by atoms with E-state index in [1.165, 1.54) is 24.3 Å². The Kier molecular flexibility index (Phi) is 4.06. The highest BCUT2D eigenvalue weighted by Gasteiger charge is 2.24. The number of rotatable bonds is 3. The number of carbonyl (C=O) groups excluding carboxylic acids is 1. The number of ether oxygens (including phenoxy) is 1. The van der Waals surface area contributed by atoms with Crippen molar-refractivity contribution in [3.63, 3.8) is 0 Å². The first-order chi connectivity index (χ1) is 8.21. The maximum atomic E-state index is 11.8. The van der Waals surface area contributed by atoms with Gasteiger partial charge >= 0.3 is 5.97 Å². The topological polar surface area (TPSA) is 69.4 Å². The van der Waals surface area contributed by atoms with Crippen LogP contribution in [0, 0.1) is 15.5 Å². The van der Waals surface area contributed by atoms with Crippen LogP contribution in [0.2, 0.25) is 0 Å². The van der Waals surface area contributed by atoms with Gasteiger partial charge in [-0.15, -0.1) is 0 Å². The van der Waals surface area contributed by atoms with Crippen LogP contribution in [-0.4, -0.2) is 17.0 Å². The molecule has 0 fully saturated rings. The van der Waals surface area contributed by atoms with E-state index < -0.39 is 10.9 Å². The van der Waals surface area contributed by atoms with Crippen LogP contribution in [0.15, 0.2) is 24.3 Å². The van der Waals surface area contributed by atoms with Crippen LogP contribution in [-0.2, 0) is 4.74 Å². The van der Waals surface area contributed by atoms with Crippen molar-refractivity contribution in [3.8, 4) is 0 Å². The van der Waals surface area contributed by atoms with Crippen molar-refractivity contribution < 1.29 is 14.5 Å². The molecule has 1 aromatic rings. The van der Waals surface area contributed by atoms with Gasteiger partial charge in [-0.3, -0.25) is 10.1 Å². The zero-order chi connectivity index (χ0) is 13.9. The third-order valence-corrected chi connectivity index (χ3v) is 2.82. The summed E-state index contributed by atoms with van der Waals surface area (Å²) in [7, 11) is 0. The molecule has 0 amide bonds. The van der Waals surface area contributed by atoms with Gasteiger partial charge in [0.2, 0.25) is 0 Å². The van der Waals surface area contributed by atoms with Gasteiger partial charge in [0.15, 0.2) is 0 Å². The second kappa shape index (κ2) is 5.16. The van der Waals surface area contributed by atoms with Crippen LogP contribution < -0.4 is 0 Å². The van der Waals surface area contributed by atoms with Crippen molar-refractivity contribution in [3.05, 3.63) is 39.9 Å². The van der Waals surface area contributed by atoms with Crippen LogP contribution in [0.3, 0.4) is 0 Å². The fourth-order valence-corrected chi connectivity index (χ4v) is 1.12. The van der Waals surface area contributed by atoms with E-state index in [4.69, 9.17) is 4.74 Å². The predicted molar refractivity (Wildman–Crippen MR) is 67.4 cm³/mol. The number of benzene rings is 1. The van der Waals surface area contributed by atoms with Gasteiger partial charge in [-0.1, -0.05) is 20.8 Å². The Hall–Kier alpha value is -1.91. The molecule has 0 bridgehead atoms. The normalized spacial score (nSPS) is 12.9. The molecular weight excluding hydrogens is 234 g/mol. The molecule has 5 nitrogen and oxygen atoms in total. The molecule has 1 rings (SSSR count). The number of hydrogen-bond acceptors (Lipinski definition) is 4. The van der Waals surface area contributed by atoms with E-state index in [9.17, 15) is 14.9 Å². The fraction of sp³-hybridized carbons (Fsp3) is 0.462. The first kappa shape index (κ1) is 14.2. The van der Waals surface area contributed by atoms with Crippen molar-refractivity contribution in [2.24, 2.45) is 5.41 Å². The predicted octanol–water partition coefficient (Wildman–Crippen LogP) is 3.19. The zero-order valence-corrected chi connectivity index (χ0v) is 11.0. The average molecular weight is 251 g/mol. The number of nitrogens with zero attached hydrogens (tertiary/aromatic N) is 1. The largest absolute Gasteiger partial charge is 0.459 e. The van der Waals surface area contributed by atoms with Crippen LogP contribution in [0.25, 0.3) is 0 Å². The van der Waals surface area contributed by atoms with Crippen molar-refractivity contribution in [1.29, 1.82) is 0 Å². The quantitative estimate of drug-likeness (QED) is 0.470. The third kappa shape index (κ3) is 3.55. The van der Waals surface area contributed by atoms with E-state index in [-0.39, 0.29) is 17.2 Å². The summed E-state index contributed by atoms with van der Waals surface area (Å²) in [4.78, 5) is 21.8. The molecule has 0 N–H and O–H groups in total. The molecule has 0 aliphatic carbocycles. The van der Waals surface area contributed by atoms with E-state index in [0.717, 1.165) is 0 Å². The van der Waals surface area contributed by atoms with Gasteiger partial charge in [-0.05, 0) is 24.5 Å². The number of hydrogen-bond donors (Lipinski definition) is 0. The fourth-order valence-electron chi connectivity index (χ4n) is 1.12. The lowest BCUT2D eigenvalue weighted by Gasteiger charge is -2.26. The highest BCUT2D eigenvalue weighted by molar-refractivity contribution is 5.89. The lowest BCUT2D eigenvalue weighted by Crippen LogP contribution is -2.28. The maximum Gasteiger partial charge on any atom is 0.338 e. The lowest BCUT2D eigenvalue weighted by molar-refractivity contribution is -0.384. The van der Waals surface area contributed by atoms with Crippen LogP contribution in [0.4, 0.5) is 5.69 Å². The minimum Gasteiger partial charge on any atom is -0.459 e. The van der Waals surface area contributed by atoms with E-state index in [1.807, 2.05) is 27.7 Å². The number of carbonyl (C=O) groups is 1. The van der Waals surface area contributed by atoms with E-state index in [1.54, 1.807) is 0 Å². The summed E-state index contributed by atoms with van der Waals surface area (Å²) < 4.78 is 5.29. The van der Waals surface area contributed by atoms with Gasteiger partial charge in [0.25, 0.3) is 5.69 Å². The summed E-state index contributed by atoms with van der Waals surface area (Å²) in [5.74, 6) is -0.465. The second-order valence-electron chi connectivity index (χ2n) is 5.22. The molecular formula is C13H17NO4. The number of nitro benzene ring substituents is 1. The van der Waals surface area contributed by atoms with Crippen molar-refractivity contribution in [1.82, 2.24) is 0 Å². The molecule has 0 spiro atoms. The number of esters is 1. The van der Waals surface area contributed by atoms with Gasteiger partial charge in [-0.25, -0.2) is 4.79 Å². The Morgan fingerprint density at radius 3 is 2.17 bits per heavy atom. The first-order valence-electron chi connectivity index (χ1n) is 5.67. The minimum atomic E-state index is -0.507. The Labute approximate surface area is 106 Å². The summed E-state index contributed by atoms with van der Waals surface area (Å²) in [5, 5.41) is 10.5. The van der Waals surface area contributed by atoms with Crippen molar-refractivity contribution >= 4 is 11.7 Å². The molecule has 0 aromatic heterocycles. The molecule has 0 aliphatic rings. The summed E-state index contributed by atoms with van der Waals surface area (Å²) in [6, 6.07) is 5.38. The van der Waals surface area contributed by atoms with Gasteiger partial charge in [0.05, 0.1) is 10.5 Å². The highest BCUT2D eigenvalue weighted by atomic mass is 16.6. The molecule has 0 heterocycles. The lowest BCUT2D eigenvalue weighted by atomic mass is 9.90. The van der Waals surface area contributed by atoms with Crippen LogP contribution in [0.5, 0.6) is 0 Å². The van der Waals surface area contributed by atoms with E-state index >= 15 is 0 Å². The summed E-state index contributed by atoms with van der Waals surface area (Å²) in [5.41, 5.74) is 0.128. The van der Waals surface area contributed by atoms with E-state index in [2.05, 4.69) is 0 Å². The Bertz CT molecular complexity index is 445. The molecule has 0 aliphatic heterocycles. The van der Waals surface area contributed by atoms with Gasteiger partial charge in [-0.2, -0.15) is 0 Å². The van der Waals surface area contributed by atoms with Gasteiger partial charge < -0.3 is 4.74 Å². The van der Waals surface area contributed by atoms with Crippen molar-refractivity contribution in [2.75, 3.05) is 0 Å². The van der Waals surface area contributed by atoms with Crippen LogP contribution in [0.1, 0.15) is 38.1 Å². The summed E-state index contributed by atoms with van der Waals surface area (Å²) in [6.07, 6.45) is -0.236. The average Bonchev–Trinajstić information content (AvgIpc) is 2.27. The first-order valence-corrected chi connectivity index (χ1v) is 5.67. The molecule has 18 heavy (non-hydrogen) atoms. The summed E-state index contributed by atoms with van der Waals surface area (Å²) >= 11 is 0. The molecule has 5 heteroatoms. The minimum absolute atomic E-state index is 0.0459. The standard InChI is InChI=1S/C13H17NO4/c1-9(13(2,3)4)18-12(15)10-5-7-11(8-6-10)14(16)17/h5-9H,1-4H3. The molecule has 1 aromatic carbocycles. The smallest absolute Gasteiger partial charge is 0.338 e. The third-order valence-electron chi connectivity index (χ3n) is 2.82. The highest BCUT2D eigenvalue weighted by Crippen LogP contribution is 2.23. The molecule has 98 valence electrons. The second-order valence-corrected chi connectivity index (χ2v) is 5.22. The van der Waals surface area contributed by atoms with Crippen molar-refractivity contribution in [2.45, 2.75) is 33.8 Å². The molecule has 1 atom stereocenters.